The van der Waals surface area contributed by atoms with E-state index in [9.17, 15) is 9.59 Å². The second-order valence-electron chi connectivity index (χ2n) is 14.2. The minimum atomic E-state index is -0.176. The Hall–Kier alpha value is -5.90. The summed E-state index contributed by atoms with van der Waals surface area (Å²) in [6, 6.07) is 23.9. The summed E-state index contributed by atoms with van der Waals surface area (Å²) in [4.78, 5) is 40.6. The first-order chi connectivity index (χ1) is 25.7. The molecule has 0 bridgehead atoms. The lowest BCUT2D eigenvalue weighted by Gasteiger charge is -2.34. The van der Waals surface area contributed by atoms with Gasteiger partial charge in [0.15, 0.2) is 11.5 Å². The number of benzene rings is 4. The van der Waals surface area contributed by atoms with Gasteiger partial charge in [0, 0.05) is 61.9 Å². The fraction of sp³-hybridized carbons (Fsp3) is 0.302. The number of carbonyl (C=O) groups excluding carboxylic acids is 2. The van der Waals surface area contributed by atoms with E-state index in [1.807, 2.05) is 54.7 Å². The fourth-order valence-corrected chi connectivity index (χ4v) is 7.44. The summed E-state index contributed by atoms with van der Waals surface area (Å²) in [5.74, 6) is 1.52. The predicted molar refractivity (Wildman–Crippen MR) is 208 cm³/mol. The summed E-state index contributed by atoms with van der Waals surface area (Å²) in [7, 11) is 1.57. The Balaban J connectivity index is 0.899. The molecule has 0 radical (unpaired) electrons. The molecule has 4 heterocycles. The number of nitrogens with one attached hydrogen (secondary N) is 1. The van der Waals surface area contributed by atoms with Crippen LogP contribution in [0.15, 0.2) is 89.0 Å². The van der Waals surface area contributed by atoms with Crippen molar-refractivity contribution in [3.8, 4) is 17.2 Å². The number of fused-ring (bicyclic) bond motifs is 5. The first-order valence-corrected chi connectivity index (χ1v) is 18.2. The van der Waals surface area contributed by atoms with Gasteiger partial charge in [0.2, 0.25) is 0 Å². The van der Waals surface area contributed by atoms with Crippen LogP contribution in [0.2, 0.25) is 0 Å². The molecule has 4 aromatic rings. The van der Waals surface area contributed by atoms with Crippen LogP contribution < -0.4 is 19.5 Å². The summed E-state index contributed by atoms with van der Waals surface area (Å²) < 4.78 is 18.0. The van der Waals surface area contributed by atoms with E-state index in [1.165, 1.54) is 11.1 Å². The van der Waals surface area contributed by atoms with Crippen molar-refractivity contribution in [2.24, 2.45) is 9.98 Å². The van der Waals surface area contributed by atoms with Crippen molar-refractivity contribution in [2.45, 2.75) is 64.7 Å². The maximum absolute atomic E-state index is 13.8. The summed E-state index contributed by atoms with van der Waals surface area (Å²) in [6.07, 6.45) is 7.70. The van der Waals surface area contributed by atoms with Gasteiger partial charge in [-0.05, 0) is 79.3 Å². The highest BCUT2D eigenvalue weighted by molar-refractivity contribution is 6.05. The van der Waals surface area contributed by atoms with Gasteiger partial charge in [-0.1, -0.05) is 36.4 Å². The Morgan fingerprint density at radius 2 is 1.47 bits per heavy atom. The summed E-state index contributed by atoms with van der Waals surface area (Å²) in [6.45, 7) is 7.50. The van der Waals surface area contributed by atoms with Crippen LogP contribution in [-0.4, -0.2) is 72.5 Å². The Morgan fingerprint density at radius 1 is 0.792 bits per heavy atom. The monoisotopic (exact) mass is 709 g/mol. The normalized spacial score (nSPS) is 18.3. The summed E-state index contributed by atoms with van der Waals surface area (Å²) >= 11 is 0. The van der Waals surface area contributed by atoms with Crippen molar-refractivity contribution in [1.82, 2.24) is 9.80 Å². The highest BCUT2D eigenvalue weighted by Crippen LogP contribution is 2.40. The lowest BCUT2D eigenvalue weighted by atomic mass is 9.94. The Morgan fingerprint density at radius 3 is 2.21 bits per heavy atom. The molecule has 4 aliphatic rings. The minimum Gasteiger partial charge on any atom is -0.493 e. The molecule has 0 saturated carbocycles. The molecular formula is C43H43N5O5. The number of amides is 2. The van der Waals surface area contributed by atoms with E-state index in [4.69, 9.17) is 24.2 Å². The number of anilines is 1. The van der Waals surface area contributed by atoms with Crippen LogP contribution in [0.4, 0.5) is 17.1 Å². The fourth-order valence-electron chi connectivity index (χ4n) is 7.44. The van der Waals surface area contributed by atoms with E-state index in [0.717, 1.165) is 28.8 Å². The van der Waals surface area contributed by atoms with Crippen LogP contribution in [0.5, 0.6) is 17.2 Å². The van der Waals surface area contributed by atoms with Crippen LogP contribution in [0.25, 0.3) is 5.57 Å². The van der Waals surface area contributed by atoms with E-state index in [2.05, 4.69) is 55.6 Å². The molecule has 0 fully saturated rings. The molecule has 4 aromatic carbocycles. The third kappa shape index (κ3) is 6.77. The van der Waals surface area contributed by atoms with Gasteiger partial charge in [0.05, 0.1) is 54.9 Å². The van der Waals surface area contributed by atoms with Crippen LogP contribution in [0, 0.1) is 6.92 Å². The number of rotatable bonds is 10. The van der Waals surface area contributed by atoms with Gasteiger partial charge in [0.1, 0.15) is 5.75 Å². The molecule has 270 valence electrons. The number of nitrogens with zero attached hydrogens (tertiary/aromatic N) is 4. The second-order valence-corrected chi connectivity index (χ2v) is 14.2. The van der Waals surface area contributed by atoms with Crippen molar-refractivity contribution in [3.05, 3.63) is 112 Å². The molecule has 4 aliphatic heterocycles. The van der Waals surface area contributed by atoms with Gasteiger partial charge < -0.3 is 29.3 Å². The molecule has 0 aromatic heterocycles. The molecule has 53 heavy (non-hydrogen) atoms. The zero-order valence-electron chi connectivity index (χ0n) is 30.5. The standard InChI is InChI=1S/C43H43N5O5/c1-26(2)46-32-12-10-28(11-13-32)31-18-34-23-45-38-21-41(40(51-4)19-36(38)43(50)48(34)25-31)53-15-7-14-52-39-20-37-35(16-27(39)3)42(49)47-24-30-9-6-5-8-29(30)17-33(47)22-44-37/h5-6,8-13,16,19-23,25-26,33-34,46H,7,14-15,17-18,24H2,1-4H3/t33-,34-/m0/s1. The lowest BCUT2D eigenvalue weighted by Crippen LogP contribution is -2.44. The number of ether oxygens (including phenoxy) is 3. The quantitative estimate of drug-likeness (QED) is 0.168. The molecule has 1 N–H and O–H groups in total. The van der Waals surface area contributed by atoms with Gasteiger partial charge in [-0.25, -0.2) is 0 Å². The lowest BCUT2D eigenvalue weighted by molar-refractivity contribution is 0.0703. The van der Waals surface area contributed by atoms with Gasteiger partial charge in [-0.3, -0.25) is 19.6 Å². The molecule has 2 amide bonds. The molecule has 0 aliphatic carbocycles. The number of hydrogen-bond donors (Lipinski definition) is 1. The van der Waals surface area contributed by atoms with E-state index in [-0.39, 0.29) is 23.9 Å². The van der Waals surface area contributed by atoms with Crippen LogP contribution in [-0.2, 0) is 13.0 Å². The number of aryl methyl sites for hydroxylation is 1. The van der Waals surface area contributed by atoms with Gasteiger partial charge >= 0.3 is 0 Å². The van der Waals surface area contributed by atoms with Crippen molar-refractivity contribution >= 4 is 46.9 Å². The van der Waals surface area contributed by atoms with E-state index < -0.39 is 0 Å². The smallest absolute Gasteiger partial charge is 0.260 e. The number of aliphatic imine (C=N–C) groups is 2. The third-order valence-electron chi connectivity index (χ3n) is 10.2. The zero-order chi connectivity index (χ0) is 36.6. The zero-order valence-corrected chi connectivity index (χ0v) is 30.5. The maximum Gasteiger partial charge on any atom is 0.260 e. The minimum absolute atomic E-state index is 0.0110. The Kier molecular flexibility index (Phi) is 9.20. The molecule has 0 spiro atoms. The molecule has 0 saturated heterocycles. The van der Waals surface area contributed by atoms with Crippen molar-refractivity contribution in [3.63, 3.8) is 0 Å². The summed E-state index contributed by atoms with van der Waals surface area (Å²) in [5, 5.41) is 3.41. The first-order valence-electron chi connectivity index (χ1n) is 18.2. The molecule has 0 unspecified atom stereocenters. The molecule has 10 nitrogen and oxygen atoms in total. The third-order valence-corrected chi connectivity index (χ3v) is 10.2. The van der Waals surface area contributed by atoms with Gasteiger partial charge in [-0.15, -0.1) is 0 Å². The van der Waals surface area contributed by atoms with Gasteiger partial charge in [0.25, 0.3) is 11.8 Å². The average molecular weight is 710 g/mol. The number of carbonyl (C=O) groups is 2. The number of methoxy groups -OCH3 is 1. The van der Waals surface area contributed by atoms with Crippen molar-refractivity contribution in [2.75, 3.05) is 25.6 Å². The van der Waals surface area contributed by atoms with Crippen molar-refractivity contribution < 1.29 is 23.8 Å². The van der Waals surface area contributed by atoms with Crippen LogP contribution in [0.3, 0.4) is 0 Å². The highest BCUT2D eigenvalue weighted by atomic mass is 16.5. The largest absolute Gasteiger partial charge is 0.493 e. The average Bonchev–Trinajstić information content (AvgIpc) is 3.49. The predicted octanol–water partition coefficient (Wildman–Crippen LogP) is 7.93. The molecule has 10 heteroatoms. The van der Waals surface area contributed by atoms with E-state index >= 15 is 0 Å². The number of hydrogen-bond acceptors (Lipinski definition) is 8. The maximum atomic E-state index is 13.8. The van der Waals surface area contributed by atoms with E-state index in [0.29, 0.717) is 78.4 Å². The molecule has 8 rings (SSSR count). The summed E-state index contributed by atoms with van der Waals surface area (Å²) in [5.41, 5.74) is 8.78. The topological polar surface area (TPSA) is 105 Å². The van der Waals surface area contributed by atoms with Crippen LogP contribution in [0.1, 0.15) is 69.7 Å². The van der Waals surface area contributed by atoms with E-state index in [1.54, 1.807) is 24.1 Å². The SMILES string of the molecule is COc1cc2c(cc1OCCCOc1cc3c(cc1C)C(=O)N1Cc4ccccc4C[C@H]1C=N3)N=C[C@@H]1CC(c3ccc(NC(C)C)cc3)=CN1C2=O. The van der Waals surface area contributed by atoms with Gasteiger partial charge in [-0.2, -0.15) is 0 Å². The first kappa shape index (κ1) is 34.2. The highest BCUT2D eigenvalue weighted by Gasteiger charge is 2.34. The molecule has 2 atom stereocenters. The second kappa shape index (κ2) is 14.3. The van der Waals surface area contributed by atoms with Crippen LogP contribution >= 0.6 is 0 Å². The Labute approximate surface area is 309 Å². The molecular weight excluding hydrogens is 667 g/mol. The van der Waals surface area contributed by atoms with Crippen molar-refractivity contribution in [1.29, 1.82) is 0 Å². The Bertz CT molecular complexity index is 2170.